The summed E-state index contributed by atoms with van der Waals surface area (Å²) in [7, 11) is 4.24. The number of benzene rings is 2. The predicted molar refractivity (Wildman–Crippen MR) is 101 cm³/mol. The fraction of sp³-hybridized carbons (Fsp3) is 0.167. The largest absolute Gasteiger partial charge is 0.496 e. The average Bonchev–Trinajstić information content (AvgIpc) is 2.66. The molecule has 0 saturated heterocycles. The van der Waals surface area contributed by atoms with E-state index in [9.17, 15) is 9.59 Å². The first-order chi connectivity index (χ1) is 12.5. The SMILES string of the molecule is COC(=O)c1ccc(NC(=S)NC(=O)c2c(OC)cccc2OC)cc1. The van der Waals surface area contributed by atoms with Crippen molar-refractivity contribution in [2.45, 2.75) is 0 Å². The Morgan fingerprint density at radius 1 is 0.923 bits per heavy atom. The van der Waals surface area contributed by atoms with E-state index in [1.54, 1.807) is 42.5 Å². The first-order valence-electron chi connectivity index (χ1n) is 7.51. The van der Waals surface area contributed by atoms with Crippen molar-refractivity contribution in [2.75, 3.05) is 26.6 Å². The van der Waals surface area contributed by atoms with Crippen LogP contribution in [0.4, 0.5) is 5.69 Å². The molecular formula is C18H18N2O5S. The quantitative estimate of drug-likeness (QED) is 0.615. The van der Waals surface area contributed by atoms with Gasteiger partial charge >= 0.3 is 5.97 Å². The Hall–Kier alpha value is -3.13. The molecule has 0 unspecified atom stereocenters. The molecule has 0 heterocycles. The summed E-state index contributed by atoms with van der Waals surface area (Å²) in [5, 5.41) is 5.53. The van der Waals surface area contributed by atoms with Crippen LogP contribution in [0.15, 0.2) is 42.5 Å². The van der Waals surface area contributed by atoms with E-state index in [0.717, 1.165) is 0 Å². The molecule has 0 bridgehead atoms. The molecule has 0 spiro atoms. The molecule has 2 N–H and O–H groups in total. The molecule has 7 nitrogen and oxygen atoms in total. The highest BCUT2D eigenvalue weighted by Gasteiger charge is 2.19. The van der Waals surface area contributed by atoms with Gasteiger partial charge < -0.3 is 19.5 Å². The highest BCUT2D eigenvalue weighted by molar-refractivity contribution is 7.80. The van der Waals surface area contributed by atoms with Crippen molar-refractivity contribution >= 4 is 34.9 Å². The van der Waals surface area contributed by atoms with Crippen LogP contribution < -0.4 is 20.1 Å². The van der Waals surface area contributed by atoms with Gasteiger partial charge in [-0.25, -0.2) is 4.79 Å². The second-order valence-corrected chi connectivity index (χ2v) is 5.42. The minimum absolute atomic E-state index is 0.0915. The molecule has 2 aromatic carbocycles. The number of esters is 1. The molecule has 0 radical (unpaired) electrons. The third kappa shape index (κ3) is 4.48. The second kappa shape index (κ2) is 8.82. The number of rotatable bonds is 5. The molecule has 0 atom stereocenters. The van der Waals surface area contributed by atoms with E-state index in [0.29, 0.717) is 22.7 Å². The lowest BCUT2D eigenvalue weighted by Crippen LogP contribution is -2.34. The molecule has 0 saturated carbocycles. The first kappa shape index (κ1) is 19.2. The average molecular weight is 374 g/mol. The smallest absolute Gasteiger partial charge is 0.337 e. The van der Waals surface area contributed by atoms with E-state index in [1.807, 2.05) is 0 Å². The molecular weight excluding hydrogens is 356 g/mol. The number of nitrogens with one attached hydrogen (secondary N) is 2. The van der Waals surface area contributed by atoms with E-state index in [2.05, 4.69) is 15.4 Å². The van der Waals surface area contributed by atoms with Gasteiger partial charge in [0.15, 0.2) is 5.11 Å². The van der Waals surface area contributed by atoms with Gasteiger partial charge in [-0.2, -0.15) is 0 Å². The van der Waals surface area contributed by atoms with Gasteiger partial charge in [-0.05, 0) is 48.6 Å². The van der Waals surface area contributed by atoms with Crippen molar-refractivity contribution in [3.63, 3.8) is 0 Å². The van der Waals surface area contributed by atoms with Gasteiger partial charge in [-0.1, -0.05) is 6.07 Å². The summed E-state index contributed by atoms with van der Waals surface area (Å²) in [4.78, 5) is 23.9. The number of anilines is 1. The van der Waals surface area contributed by atoms with Crippen molar-refractivity contribution in [3.05, 3.63) is 53.6 Å². The first-order valence-corrected chi connectivity index (χ1v) is 7.92. The summed E-state index contributed by atoms with van der Waals surface area (Å²) in [5.74, 6) is -0.169. The molecule has 0 aliphatic carbocycles. The van der Waals surface area contributed by atoms with Crippen molar-refractivity contribution < 1.29 is 23.8 Å². The molecule has 0 fully saturated rings. The predicted octanol–water partition coefficient (Wildman–Crippen LogP) is 2.62. The van der Waals surface area contributed by atoms with Crippen LogP contribution in [0, 0.1) is 0 Å². The third-order valence-electron chi connectivity index (χ3n) is 3.45. The van der Waals surface area contributed by atoms with Gasteiger partial charge in [0.25, 0.3) is 5.91 Å². The molecule has 0 aliphatic rings. The number of carbonyl (C=O) groups excluding carboxylic acids is 2. The van der Waals surface area contributed by atoms with Crippen LogP contribution in [-0.2, 0) is 4.74 Å². The zero-order chi connectivity index (χ0) is 19.1. The minimum Gasteiger partial charge on any atom is -0.496 e. The van der Waals surface area contributed by atoms with Crippen LogP contribution in [0.5, 0.6) is 11.5 Å². The van der Waals surface area contributed by atoms with Crippen molar-refractivity contribution in [3.8, 4) is 11.5 Å². The van der Waals surface area contributed by atoms with E-state index in [1.165, 1.54) is 21.3 Å². The molecule has 136 valence electrons. The van der Waals surface area contributed by atoms with Crippen LogP contribution >= 0.6 is 12.2 Å². The number of ether oxygens (including phenoxy) is 3. The number of hydrogen-bond donors (Lipinski definition) is 2. The monoisotopic (exact) mass is 374 g/mol. The molecule has 1 amide bonds. The van der Waals surface area contributed by atoms with Crippen LogP contribution in [-0.4, -0.2) is 38.3 Å². The minimum atomic E-state index is -0.469. The van der Waals surface area contributed by atoms with Crippen molar-refractivity contribution in [1.29, 1.82) is 0 Å². The lowest BCUT2D eigenvalue weighted by atomic mass is 10.1. The molecule has 0 aromatic heterocycles. The fourth-order valence-electron chi connectivity index (χ4n) is 2.21. The molecule has 26 heavy (non-hydrogen) atoms. The van der Waals surface area contributed by atoms with Crippen LogP contribution in [0.1, 0.15) is 20.7 Å². The Labute approximate surface area is 156 Å². The summed E-state index contributed by atoms with van der Waals surface area (Å²) < 4.78 is 15.1. The fourth-order valence-corrected chi connectivity index (χ4v) is 2.42. The lowest BCUT2D eigenvalue weighted by Gasteiger charge is -2.14. The number of amides is 1. The van der Waals surface area contributed by atoms with Crippen LogP contribution in [0.25, 0.3) is 0 Å². The summed E-state index contributed by atoms with van der Waals surface area (Å²) in [5.41, 5.74) is 1.25. The maximum atomic E-state index is 12.5. The van der Waals surface area contributed by atoms with Gasteiger partial charge in [0.2, 0.25) is 0 Å². The Bertz CT molecular complexity index is 799. The molecule has 0 aliphatic heterocycles. The highest BCUT2D eigenvalue weighted by Crippen LogP contribution is 2.27. The van der Waals surface area contributed by atoms with Gasteiger partial charge in [0, 0.05) is 5.69 Å². The maximum Gasteiger partial charge on any atom is 0.337 e. The lowest BCUT2D eigenvalue weighted by molar-refractivity contribution is 0.0600. The summed E-state index contributed by atoms with van der Waals surface area (Å²) in [6, 6.07) is 11.5. The van der Waals surface area contributed by atoms with E-state index in [-0.39, 0.29) is 10.7 Å². The number of thiocarbonyl (C=S) groups is 1. The molecule has 8 heteroatoms. The van der Waals surface area contributed by atoms with Crippen molar-refractivity contribution in [1.82, 2.24) is 5.32 Å². The summed E-state index contributed by atoms with van der Waals surface area (Å²) in [6.45, 7) is 0. The van der Waals surface area contributed by atoms with E-state index >= 15 is 0 Å². The standard InChI is InChI=1S/C18H18N2O5S/c1-23-13-5-4-6-14(24-2)15(13)16(21)20-18(26)19-12-9-7-11(8-10-12)17(22)25-3/h4-10H,1-3H3,(H2,19,20,21,26). The Morgan fingerprint density at radius 2 is 1.50 bits per heavy atom. The number of methoxy groups -OCH3 is 3. The number of hydrogen-bond acceptors (Lipinski definition) is 6. The van der Waals surface area contributed by atoms with Crippen LogP contribution in [0.2, 0.25) is 0 Å². The zero-order valence-electron chi connectivity index (χ0n) is 14.5. The van der Waals surface area contributed by atoms with E-state index in [4.69, 9.17) is 21.7 Å². The van der Waals surface area contributed by atoms with E-state index < -0.39 is 11.9 Å². The Kier molecular flexibility index (Phi) is 6.51. The summed E-state index contributed by atoms with van der Waals surface area (Å²) in [6.07, 6.45) is 0. The van der Waals surface area contributed by atoms with Gasteiger partial charge in [-0.15, -0.1) is 0 Å². The Balaban J connectivity index is 2.08. The second-order valence-electron chi connectivity index (χ2n) is 5.01. The molecule has 2 aromatic rings. The highest BCUT2D eigenvalue weighted by atomic mass is 32.1. The zero-order valence-corrected chi connectivity index (χ0v) is 15.3. The van der Waals surface area contributed by atoms with Crippen LogP contribution in [0.3, 0.4) is 0 Å². The maximum absolute atomic E-state index is 12.5. The topological polar surface area (TPSA) is 85.9 Å². The number of carbonyl (C=O) groups is 2. The van der Waals surface area contributed by atoms with Crippen molar-refractivity contribution in [2.24, 2.45) is 0 Å². The third-order valence-corrected chi connectivity index (χ3v) is 3.65. The molecule has 2 rings (SSSR count). The normalized spacial score (nSPS) is 9.81. The Morgan fingerprint density at radius 3 is 2.00 bits per heavy atom. The van der Waals surface area contributed by atoms with Gasteiger partial charge in [0.1, 0.15) is 17.1 Å². The summed E-state index contributed by atoms with van der Waals surface area (Å²) >= 11 is 5.16. The van der Waals surface area contributed by atoms with Gasteiger partial charge in [-0.3, -0.25) is 10.1 Å². The van der Waals surface area contributed by atoms with Gasteiger partial charge in [0.05, 0.1) is 26.9 Å².